The molecule has 0 aliphatic carbocycles. The molecule has 0 radical (unpaired) electrons. The van der Waals surface area contributed by atoms with Crippen molar-refractivity contribution in [2.75, 3.05) is 7.05 Å². The van der Waals surface area contributed by atoms with Gasteiger partial charge in [-0.3, -0.25) is 0 Å². The number of hydrogen-bond donors (Lipinski definition) is 1. The molecule has 0 aliphatic heterocycles. The zero-order valence-electron chi connectivity index (χ0n) is 11.3. The Kier molecular flexibility index (Phi) is 4.12. The predicted octanol–water partition coefficient (Wildman–Crippen LogP) is 3.60. The molecule has 1 atom stereocenters. The van der Waals surface area contributed by atoms with Crippen LogP contribution in [0, 0.1) is 12.7 Å². The van der Waals surface area contributed by atoms with Crippen LogP contribution in [0.15, 0.2) is 36.5 Å². The SMILES string of the molecule is CNC(C)c1ccc(Oc2ccc(C)c(F)c2)nc1. The molecule has 0 spiro atoms. The first-order valence-electron chi connectivity index (χ1n) is 6.17. The van der Waals surface area contributed by atoms with Crippen LogP contribution in [-0.2, 0) is 0 Å². The van der Waals surface area contributed by atoms with Gasteiger partial charge in [0.15, 0.2) is 0 Å². The predicted molar refractivity (Wildman–Crippen MR) is 72.9 cm³/mol. The summed E-state index contributed by atoms with van der Waals surface area (Å²) in [5.74, 6) is 0.623. The van der Waals surface area contributed by atoms with Gasteiger partial charge in [0.1, 0.15) is 11.6 Å². The third kappa shape index (κ3) is 3.29. The van der Waals surface area contributed by atoms with Crippen molar-refractivity contribution in [1.29, 1.82) is 0 Å². The Morgan fingerprint density at radius 1 is 1.26 bits per heavy atom. The van der Waals surface area contributed by atoms with Gasteiger partial charge in [-0.1, -0.05) is 12.1 Å². The monoisotopic (exact) mass is 260 g/mol. The number of hydrogen-bond acceptors (Lipinski definition) is 3. The minimum absolute atomic E-state index is 0.235. The number of nitrogens with one attached hydrogen (secondary N) is 1. The molecule has 1 N–H and O–H groups in total. The van der Waals surface area contributed by atoms with Crippen molar-refractivity contribution in [2.45, 2.75) is 19.9 Å². The summed E-state index contributed by atoms with van der Waals surface area (Å²) in [7, 11) is 1.89. The first-order valence-corrected chi connectivity index (χ1v) is 6.17. The van der Waals surface area contributed by atoms with E-state index in [2.05, 4.69) is 10.3 Å². The minimum atomic E-state index is -0.280. The fraction of sp³-hybridized carbons (Fsp3) is 0.267. The van der Waals surface area contributed by atoms with E-state index in [0.29, 0.717) is 17.2 Å². The standard InChI is InChI=1S/C15H17FN2O/c1-10-4-6-13(8-14(10)16)19-15-7-5-12(9-18-15)11(2)17-3/h4-9,11,17H,1-3H3. The van der Waals surface area contributed by atoms with E-state index in [1.165, 1.54) is 6.07 Å². The molecule has 100 valence electrons. The molecule has 1 aromatic heterocycles. The van der Waals surface area contributed by atoms with Gasteiger partial charge in [-0.05, 0) is 38.1 Å². The van der Waals surface area contributed by atoms with Crippen LogP contribution in [0.5, 0.6) is 11.6 Å². The lowest BCUT2D eigenvalue weighted by atomic mass is 10.1. The first-order chi connectivity index (χ1) is 9.10. The molecule has 0 amide bonds. The zero-order valence-corrected chi connectivity index (χ0v) is 11.3. The smallest absolute Gasteiger partial charge is 0.219 e. The van der Waals surface area contributed by atoms with E-state index in [0.717, 1.165) is 5.56 Å². The summed E-state index contributed by atoms with van der Waals surface area (Å²) in [4.78, 5) is 4.21. The molecule has 1 heterocycles. The summed E-state index contributed by atoms with van der Waals surface area (Å²) in [6, 6.07) is 8.72. The molecule has 19 heavy (non-hydrogen) atoms. The fourth-order valence-corrected chi connectivity index (χ4v) is 1.63. The van der Waals surface area contributed by atoms with Gasteiger partial charge in [-0.15, -0.1) is 0 Å². The van der Waals surface area contributed by atoms with Gasteiger partial charge < -0.3 is 10.1 Å². The summed E-state index contributed by atoms with van der Waals surface area (Å²) in [6.07, 6.45) is 1.75. The summed E-state index contributed by atoms with van der Waals surface area (Å²) in [6.45, 7) is 3.76. The number of aromatic nitrogens is 1. The van der Waals surface area contributed by atoms with Gasteiger partial charge in [0.05, 0.1) is 0 Å². The molecule has 4 heteroatoms. The Labute approximate surface area is 112 Å². The van der Waals surface area contributed by atoms with Crippen molar-refractivity contribution >= 4 is 0 Å². The minimum Gasteiger partial charge on any atom is -0.439 e. The molecule has 0 fully saturated rings. The Hall–Kier alpha value is -1.94. The Bertz CT molecular complexity index is 555. The lowest BCUT2D eigenvalue weighted by Gasteiger charge is -2.11. The average molecular weight is 260 g/mol. The Balaban J connectivity index is 2.12. The second-order valence-corrected chi connectivity index (χ2v) is 4.45. The van der Waals surface area contributed by atoms with Gasteiger partial charge >= 0.3 is 0 Å². The van der Waals surface area contributed by atoms with Crippen molar-refractivity contribution in [3.63, 3.8) is 0 Å². The van der Waals surface area contributed by atoms with E-state index in [4.69, 9.17) is 4.74 Å². The Morgan fingerprint density at radius 2 is 2.05 bits per heavy atom. The number of aryl methyl sites for hydroxylation is 1. The molecule has 0 aliphatic rings. The van der Waals surface area contributed by atoms with Crippen LogP contribution in [0.2, 0.25) is 0 Å². The third-order valence-electron chi connectivity index (χ3n) is 3.06. The number of halogens is 1. The maximum atomic E-state index is 13.4. The van der Waals surface area contributed by atoms with E-state index in [-0.39, 0.29) is 11.9 Å². The van der Waals surface area contributed by atoms with Crippen molar-refractivity contribution in [2.24, 2.45) is 0 Å². The quantitative estimate of drug-likeness (QED) is 0.912. The maximum Gasteiger partial charge on any atom is 0.219 e. The highest BCUT2D eigenvalue weighted by Crippen LogP contribution is 2.22. The third-order valence-corrected chi connectivity index (χ3v) is 3.06. The van der Waals surface area contributed by atoms with Crippen LogP contribution < -0.4 is 10.1 Å². The highest BCUT2D eigenvalue weighted by Gasteiger charge is 2.05. The molecular weight excluding hydrogens is 243 g/mol. The lowest BCUT2D eigenvalue weighted by Crippen LogP contribution is -2.12. The van der Waals surface area contributed by atoms with Crippen LogP contribution >= 0.6 is 0 Å². The molecular formula is C15H17FN2O. The highest BCUT2D eigenvalue weighted by atomic mass is 19.1. The Morgan fingerprint density at radius 3 is 2.63 bits per heavy atom. The number of rotatable bonds is 4. The molecule has 1 aromatic carbocycles. The summed E-state index contributed by atoms with van der Waals surface area (Å²) < 4.78 is 18.9. The van der Waals surface area contributed by atoms with Crippen LogP contribution in [0.4, 0.5) is 4.39 Å². The molecule has 2 aromatic rings. The van der Waals surface area contributed by atoms with Gasteiger partial charge in [0, 0.05) is 24.4 Å². The van der Waals surface area contributed by atoms with Gasteiger partial charge in [-0.25, -0.2) is 9.37 Å². The fourth-order valence-electron chi connectivity index (χ4n) is 1.63. The molecule has 0 saturated carbocycles. The topological polar surface area (TPSA) is 34.1 Å². The van der Waals surface area contributed by atoms with Gasteiger partial charge in [0.2, 0.25) is 5.88 Å². The maximum absolute atomic E-state index is 13.4. The zero-order chi connectivity index (χ0) is 13.8. The van der Waals surface area contributed by atoms with Crippen molar-refractivity contribution < 1.29 is 9.13 Å². The number of benzene rings is 1. The lowest BCUT2D eigenvalue weighted by molar-refractivity contribution is 0.456. The largest absolute Gasteiger partial charge is 0.439 e. The molecule has 0 bridgehead atoms. The first kappa shape index (κ1) is 13.5. The number of pyridine rings is 1. The molecule has 3 nitrogen and oxygen atoms in total. The van der Waals surface area contributed by atoms with Crippen LogP contribution in [0.3, 0.4) is 0 Å². The van der Waals surface area contributed by atoms with E-state index in [1.54, 1.807) is 31.3 Å². The summed E-state index contributed by atoms with van der Waals surface area (Å²) in [5, 5.41) is 3.13. The van der Waals surface area contributed by atoms with E-state index in [9.17, 15) is 4.39 Å². The summed E-state index contributed by atoms with van der Waals surface area (Å²) in [5.41, 5.74) is 1.67. The molecule has 2 rings (SSSR count). The number of nitrogens with zero attached hydrogens (tertiary/aromatic N) is 1. The van der Waals surface area contributed by atoms with Gasteiger partial charge in [-0.2, -0.15) is 0 Å². The van der Waals surface area contributed by atoms with Crippen LogP contribution in [-0.4, -0.2) is 12.0 Å². The second-order valence-electron chi connectivity index (χ2n) is 4.45. The van der Waals surface area contributed by atoms with Crippen LogP contribution in [0.1, 0.15) is 24.1 Å². The van der Waals surface area contributed by atoms with Crippen LogP contribution in [0.25, 0.3) is 0 Å². The normalized spacial score (nSPS) is 12.2. The van der Waals surface area contributed by atoms with Crippen molar-refractivity contribution in [3.05, 3.63) is 53.5 Å². The van der Waals surface area contributed by atoms with E-state index in [1.807, 2.05) is 20.0 Å². The van der Waals surface area contributed by atoms with E-state index < -0.39 is 0 Å². The molecule has 0 saturated heterocycles. The average Bonchev–Trinajstić information content (AvgIpc) is 2.43. The van der Waals surface area contributed by atoms with Crippen molar-refractivity contribution in [3.8, 4) is 11.6 Å². The van der Waals surface area contributed by atoms with Gasteiger partial charge in [0.25, 0.3) is 0 Å². The summed E-state index contributed by atoms with van der Waals surface area (Å²) >= 11 is 0. The number of ether oxygens (including phenoxy) is 1. The highest BCUT2D eigenvalue weighted by molar-refractivity contribution is 5.31. The van der Waals surface area contributed by atoms with Crippen molar-refractivity contribution in [1.82, 2.24) is 10.3 Å². The van der Waals surface area contributed by atoms with E-state index >= 15 is 0 Å². The second kappa shape index (κ2) is 5.80. The molecule has 1 unspecified atom stereocenters.